The quantitative estimate of drug-likeness (QED) is 0.797. The monoisotopic (exact) mass is 231 g/mol. The summed E-state index contributed by atoms with van der Waals surface area (Å²) in [6, 6.07) is 9.93. The molecule has 0 radical (unpaired) electrons. The number of halogens is 1. The number of benzene rings is 2. The summed E-state index contributed by atoms with van der Waals surface area (Å²) < 4.78 is 18.6. The molecule has 0 saturated heterocycles. The van der Waals surface area contributed by atoms with Crippen molar-refractivity contribution in [2.75, 3.05) is 5.73 Å². The van der Waals surface area contributed by atoms with Crippen LogP contribution in [0.15, 0.2) is 36.4 Å². The molecule has 2 rings (SSSR count). The van der Waals surface area contributed by atoms with Gasteiger partial charge in [0.1, 0.15) is 17.3 Å². The molecule has 2 aromatic carbocycles. The number of nitrogen functional groups attached to an aromatic ring is 1. The highest BCUT2D eigenvalue weighted by Gasteiger charge is 2.04. The zero-order valence-corrected chi connectivity index (χ0v) is 9.83. The lowest BCUT2D eigenvalue weighted by atomic mass is 10.2. The average Bonchev–Trinajstić information content (AvgIpc) is 2.21. The van der Waals surface area contributed by atoms with Crippen LogP contribution in [0.5, 0.6) is 11.5 Å². The Labute approximate surface area is 99.8 Å². The van der Waals surface area contributed by atoms with Gasteiger partial charge in [-0.25, -0.2) is 4.39 Å². The molecule has 3 heteroatoms. The molecular weight excluding hydrogens is 217 g/mol. The summed E-state index contributed by atoms with van der Waals surface area (Å²) >= 11 is 0. The minimum Gasteiger partial charge on any atom is -0.457 e. The fourth-order valence-corrected chi connectivity index (χ4v) is 1.69. The molecule has 0 aliphatic rings. The van der Waals surface area contributed by atoms with Crippen LogP contribution in [0.4, 0.5) is 10.1 Å². The van der Waals surface area contributed by atoms with E-state index in [-0.39, 0.29) is 5.82 Å². The number of nitrogens with two attached hydrogens (primary N) is 1. The van der Waals surface area contributed by atoms with Crippen LogP contribution < -0.4 is 10.5 Å². The molecule has 0 aliphatic carbocycles. The fourth-order valence-electron chi connectivity index (χ4n) is 1.69. The molecule has 0 amide bonds. The highest BCUT2D eigenvalue weighted by atomic mass is 19.1. The van der Waals surface area contributed by atoms with Crippen molar-refractivity contribution in [1.29, 1.82) is 0 Å². The van der Waals surface area contributed by atoms with E-state index in [4.69, 9.17) is 10.5 Å². The average molecular weight is 231 g/mol. The Morgan fingerprint density at radius 3 is 2.47 bits per heavy atom. The van der Waals surface area contributed by atoms with Crippen molar-refractivity contribution in [3.63, 3.8) is 0 Å². The first-order chi connectivity index (χ1) is 8.04. The standard InChI is InChI=1S/C14H14FNO/c1-9-5-12(16)8-13(6-9)17-14-4-3-11(15)7-10(14)2/h3-8H,16H2,1-2H3. The highest BCUT2D eigenvalue weighted by molar-refractivity contribution is 5.49. The molecule has 2 N–H and O–H groups in total. The minimum atomic E-state index is -0.265. The smallest absolute Gasteiger partial charge is 0.130 e. The third kappa shape index (κ3) is 2.75. The Morgan fingerprint density at radius 2 is 1.82 bits per heavy atom. The Balaban J connectivity index is 2.31. The molecular formula is C14H14FNO. The molecule has 0 saturated carbocycles. The van der Waals surface area contributed by atoms with Gasteiger partial charge in [0.15, 0.2) is 0 Å². The molecule has 0 bridgehead atoms. The summed E-state index contributed by atoms with van der Waals surface area (Å²) in [5.74, 6) is 1.03. The number of ether oxygens (including phenoxy) is 1. The fraction of sp³-hybridized carbons (Fsp3) is 0.143. The van der Waals surface area contributed by atoms with Crippen LogP contribution in [0.2, 0.25) is 0 Å². The Morgan fingerprint density at radius 1 is 1.06 bits per heavy atom. The van der Waals surface area contributed by atoms with Crippen molar-refractivity contribution in [3.8, 4) is 11.5 Å². The van der Waals surface area contributed by atoms with E-state index in [2.05, 4.69) is 0 Å². The van der Waals surface area contributed by atoms with Crippen LogP contribution in [0, 0.1) is 19.7 Å². The van der Waals surface area contributed by atoms with E-state index in [0.29, 0.717) is 17.2 Å². The number of aryl methyl sites for hydroxylation is 2. The largest absolute Gasteiger partial charge is 0.457 e. The second-order valence-electron chi connectivity index (χ2n) is 4.09. The summed E-state index contributed by atoms with van der Waals surface area (Å²) in [4.78, 5) is 0. The zero-order valence-electron chi connectivity index (χ0n) is 9.83. The SMILES string of the molecule is Cc1cc(N)cc(Oc2ccc(F)cc2C)c1. The van der Waals surface area contributed by atoms with Gasteiger partial charge in [0.25, 0.3) is 0 Å². The molecule has 0 spiro atoms. The Bertz CT molecular complexity index is 532. The van der Waals surface area contributed by atoms with Gasteiger partial charge in [0.05, 0.1) is 0 Å². The molecule has 88 valence electrons. The van der Waals surface area contributed by atoms with Crippen LogP contribution in [0.3, 0.4) is 0 Å². The molecule has 0 unspecified atom stereocenters. The molecule has 17 heavy (non-hydrogen) atoms. The molecule has 0 fully saturated rings. The van der Waals surface area contributed by atoms with Crippen molar-refractivity contribution in [3.05, 3.63) is 53.3 Å². The molecule has 0 aliphatic heterocycles. The van der Waals surface area contributed by atoms with E-state index in [1.54, 1.807) is 19.1 Å². The van der Waals surface area contributed by atoms with Crippen LogP contribution in [0.25, 0.3) is 0 Å². The molecule has 2 aromatic rings. The van der Waals surface area contributed by atoms with Gasteiger partial charge in [-0.2, -0.15) is 0 Å². The van der Waals surface area contributed by atoms with Crippen molar-refractivity contribution in [2.24, 2.45) is 0 Å². The molecule has 0 atom stereocenters. The number of rotatable bonds is 2. The second kappa shape index (κ2) is 4.45. The predicted molar refractivity (Wildman–Crippen MR) is 66.8 cm³/mol. The lowest BCUT2D eigenvalue weighted by molar-refractivity contribution is 0.476. The van der Waals surface area contributed by atoms with Gasteiger partial charge in [-0.3, -0.25) is 0 Å². The van der Waals surface area contributed by atoms with Crippen LogP contribution >= 0.6 is 0 Å². The van der Waals surface area contributed by atoms with Gasteiger partial charge in [-0.1, -0.05) is 0 Å². The van der Waals surface area contributed by atoms with Gasteiger partial charge in [0.2, 0.25) is 0 Å². The maximum Gasteiger partial charge on any atom is 0.130 e. The summed E-state index contributed by atoms with van der Waals surface area (Å²) in [5, 5.41) is 0. The molecule has 0 heterocycles. The van der Waals surface area contributed by atoms with E-state index in [1.807, 2.05) is 19.1 Å². The maximum absolute atomic E-state index is 12.9. The second-order valence-corrected chi connectivity index (χ2v) is 4.09. The van der Waals surface area contributed by atoms with Crippen molar-refractivity contribution in [2.45, 2.75) is 13.8 Å². The molecule has 2 nitrogen and oxygen atoms in total. The van der Waals surface area contributed by atoms with Gasteiger partial charge in [-0.05, 0) is 55.3 Å². The van der Waals surface area contributed by atoms with Gasteiger partial charge in [-0.15, -0.1) is 0 Å². The van der Waals surface area contributed by atoms with E-state index in [0.717, 1.165) is 11.1 Å². The number of hydrogen-bond acceptors (Lipinski definition) is 2. The van der Waals surface area contributed by atoms with E-state index < -0.39 is 0 Å². The Kier molecular flexibility index (Phi) is 3.00. The first kappa shape index (κ1) is 11.5. The normalized spacial score (nSPS) is 10.3. The minimum absolute atomic E-state index is 0.265. The predicted octanol–water partition coefficient (Wildman–Crippen LogP) is 3.82. The lowest BCUT2D eigenvalue weighted by Gasteiger charge is -2.10. The first-order valence-corrected chi connectivity index (χ1v) is 5.36. The topological polar surface area (TPSA) is 35.2 Å². The molecule has 0 aromatic heterocycles. The third-order valence-electron chi connectivity index (χ3n) is 2.44. The van der Waals surface area contributed by atoms with Crippen molar-refractivity contribution >= 4 is 5.69 Å². The van der Waals surface area contributed by atoms with Crippen molar-refractivity contribution < 1.29 is 9.13 Å². The van der Waals surface area contributed by atoms with Crippen LogP contribution in [-0.4, -0.2) is 0 Å². The summed E-state index contributed by atoms with van der Waals surface area (Å²) in [6.07, 6.45) is 0. The summed E-state index contributed by atoms with van der Waals surface area (Å²) in [5.41, 5.74) is 8.17. The highest BCUT2D eigenvalue weighted by Crippen LogP contribution is 2.27. The zero-order chi connectivity index (χ0) is 12.4. The van der Waals surface area contributed by atoms with Gasteiger partial charge < -0.3 is 10.5 Å². The van der Waals surface area contributed by atoms with Crippen LogP contribution in [-0.2, 0) is 0 Å². The van der Waals surface area contributed by atoms with Crippen LogP contribution in [0.1, 0.15) is 11.1 Å². The van der Waals surface area contributed by atoms with E-state index in [1.165, 1.54) is 12.1 Å². The van der Waals surface area contributed by atoms with Gasteiger partial charge in [0, 0.05) is 11.8 Å². The number of hydrogen-bond donors (Lipinski definition) is 1. The maximum atomic E-state index is 12.9. The lowest BCUT2D eigenvalue weighted by Crippen LogP contribution is -1.91. The summed E-state index contributed by atoms with van der Waals surface area (Å²) in [7, 11) is 0. The van der Waals surface area contributed by atoms with Gasteiger partial charge >= 0.3 is 0 Å². The van der Waals surface area contributed by atoms with E-state index in [9.17, 15) is 4.39 Å². The summed E-state index contributed by atoms with van der Waals surface area (Å²) in [6.45, 7) is 3.75. The van der Waals surface area contributed by atoms with Crippen molar-refractivity contribution in [1.82, 2.24) is 0 Å². The third-order valence-corrected chi connectivity index (χ3v) is 2.44. The van der Waals surface area contributed by atoms with E-state index >= 15 is 0 Å². The Hall–Kier alpha value is -2.03. The first-order valence-electron chi connectivity index (χ1n) is 5.36. The number of anilines is 1.